The maximum Gasteiger partial charge on any atom is 0.270 e. The molecule has 182 valence electrons. The largest absolute Gasteiger partial charge is 0.494 e. The number of halogens is 2. The van der Waals surface area contributed by atoms with E-state index in [2.05, 4.69) is 0 Å². The minimum atomic E-state index is -1.16. The molecular formula is C25H17Cl2N3O6. The summed E-state index contributed by atoms with van der Waals surface area (Å²) in [6.07, 6.45) is 0. The van der Waals surface area contributed by atoms with Crippen molar-refractivity contribution in [1.82, 2.24) is 4.90 Å². The van der Waals surface area contributed by atoms with Gasteiger partial charge in [0, 0.05) is 17.8 Å². The van der Waals surface area contributed by atoms with E-state index in [1.54, 1.807) is 36.4 Å². The lowest BCUT2D eigenvalue weighted by Gasteiger charge is -2.49. The first-order valence-corrected chi connectivity index (χ1v) is 11.7. The zero-order chi connectivity index (χ0) is 25.7. The lowest BCUT2D eigenvalue weighted by atomic mass is 9.86. The highest BCUT2D eigenvalue weighted by atomic mass is 35.5. The van der Waals surface area contributed by atoms with Crippen molar-refractivity contribution in [3.8, 4) is 5.75 Å². The summed E-state index contributed by atoms with van der Waals surface area (Å²) < 4.78 is 5.50. The molecule has 0 aliphatic carbocycles. The second-order valence-electron chi connectivity index (χ2n) is 8.17. The van der Waals surface area contributed by atoms with Gasteiger partial charge < -0.3 is 9.64 Å². The third-order valence-electron chi connectivity index (χ3n) is 6.17. The van der Waals surface area contributed by atoms with E-state index in [1.165, 1.54) is 17.0 Å². The van der Waals surface area contributed by atoms with Crippen LogP contribution in [0, 0.1) is 10.1 Å². The Morgan fingerprint density at radius 1 is 0.861 bits per heavy atom. The number of non-ortho nitro benzene ring substituents is 1. The number of nitro groups is 1. The van der Waals surface area contributed by atoms with Gasteiger partial charge in [-0.15, -0.1) is 0 Å². The highest BCUT2D eigenvalue weighted by molar-refractivity contribution is 6.42. The van der Waals surface area contributed by atoms with Crippen LogP contribution in [-0.2, 0) is 4.79 Å². The monoisotopic (exact) mass is 525 g/mol. The van der Waals surface area contributed by atoms with Crippen LogP contribution in [0.2, 0.25) is 10.0 Å². The number of nitrogens with zero attached hydrogens (tertiary/aromatic N) is 3. The Labute approximate surface area is 214 Å². The number of benzene rings is 3. The van der Waals surface area contributed by atoms with Crippen molar-refractivity contribution in [3.05, 3.63) is 97.5 Å². The summed E-state index contributed by atoms with van der Waals surface area (Å²) in [5, 5.41) is 11.7. The fourth-order valence-electron chi connectivity index (χ4n) is 4.52. The Morgan fingerprint density at radius 3 is 2.19 bits per heavy atom. The third-order valence-corrected chi connectivity index (χ3v) is 6.91. The van der Waals surface area contributed by atoms with E-state index in [0.29, 0.717) is 28.6 Å². The molecule has 3 aromatic carbocycles. The summed E-state index contributed by atoms with van der Waals surface area (Å²) in [5.74, 6) is -1.33. The van der Waals surface area contributed by atoms with Crippen LogP contribution in [0.4, 0.5) is 11.4 Å². The van der Waals surface area contributed by atoms with Crippen LogP contribution in [0.5, 0.6) is 5.75 Å². The second kappa shape index (κ2) is 8.92. The van der Waals surface area contributed by atoms with Gasteiger partial charge in [0.15, 0.2) is 0 Å². The molecule has 0 saturated carbocycles. The van der Waals surface area contributed by atoms with Crippen molar-refractivity contribution in [2.75, 3.05) is 11.5 Å². The molecule has 3 aromatic rings. The van der Waals surface area contributed by atoms with Crippen LogP contribution >= 0.6 is 23.2 Å². The van der Waals surface area contributed by atoms with Gasteiger partial charge in [-0.1, -0.05) is 35.3 Å². The smallest absolute Gasteiger partial charge is 0.270 e. The van der Waals surface area contributed by atoms with E-state index in [1.807, 2.05) is 6.92 Å². The molecule has 9 nitrogen and oxygen atoms in total. The minimum Gasteiger partial charge on any atom is -0.494 e. The van der Waals surface area contributed by atoms with E-state index in [4.69, 9.17) is 27.9 Å². The van der Waals surface area contributed by atoms with Crippen LogP contribution < -0.4 is 9.64 Å². The normalized spacial score (nSPS) is 18.8. The highest BCUT2D eigenvalue weighted by Crippen LogP contribution is 2.45. The van der Waals surface area contributed by atoms with Gasteiger partial charge in [0.25, 0.3) is 23.4 Å². The Morgan fingerprint density at radius 2 is 1.56 bits per heavy atom. The molecule has 2 aliphatic heterocycles. The summed E-state index contributed by atoms with van der Waals surface area (Å²) in [5.41, 5.74) is 0.669. The number of β-lactam (4-membered cyclic amide) rings is 1. The van der Waals surface area contributed by atoms with Crippen molar-refractivity contribution in [1.29, 1.82) is 0 Å². The van der Waals surface area contributed by atoms with Crippen molar-refractivity contribution in [2.24, 2.45) is 0 Å². The van der Waals surface area contributed by atoms with Gasteiger partial charge in [-0.05, 0) is 48.9 Å². The molecular weight excluding hydrogens is 509 g/mol. The van der Waals surface area contributed by atoms with Gasteiger partial charge in [0.05, 0.1) is 38.7 Å². The number of carbonyl (C=O) groups is 3. The molecule has 0 N–H and O–H groups in total. The Bertz CT molecular complexity index is 1440. The molecule has 36 heavy (non-hydrogen) atoms. The number of carbonyl (C=O) groups excluding carboxylic acids is 3. The summed E-state index contributed by atoms with van der Waals surface area (Å²) >= 11 is 12.2. The predicted octanol–water partition coefficient (Wildman–Crippen LogP) is 5.05. The molecule has 0 bridgehead atoms. The lowest BCUT2D eigenvalue weighted by Crippen LogP contribution is -2.67. The van der Waals surface area contributed by atoms with E-state index in [-0.39, 0.29) is 21.8 Å². The summed E-state index contributed by atoms with van der Waals surface area (Å²) in [7, 11) is 0. The first kappa shape index (κ1) is 23.8. The van der Waals surface area contributed by atoms with Crippen LogP contribution in [0.15, 0.2) is 60.7 Å². The van der Waals surface area contributed by atoms with E-state index in [0.717, 1.165) is 17.0 Å². The maximum absolute atomic E-state index is 13.5. The number of hydrogen-bond acceptors (Lipinski definition) is 6. The van der Waals surface area contributed by atoms with Crippen LogP contribution in [0.3, 0.4) is 0 Å². The molecule has 2 heterocycles. The second-order valence-corrected chi connectivity index (χ2v) is 8.98. The SMILES string of the molecule is CCOc1ccc([C@H]2[C@H](N3C(=O)c4ccc([N+](=O)[O-])cc4C3=O)C(=O)N2c2ccc(Cl)c(Cl)c2)cc1. The van der Waals surface area contributed by atoms with E-state index in [9.17, 15) is 24.5 Å². The summed E-state index contributed by atoms with van der Waals surface area (Å²) in [6.45, 7) is 2.33. The zero-order valence-corrected chi connectivity index (χ0v) is 20.2. The molecule has 2 aliphatic rings. The minimum absolute atomic E-state index is 0.0110. The quantitative estimate of drug-likeness (QED) is 0.192. The number of anilines is 1. The fourth-order valence-corrected chi connectivity index (χ4v) is 4.81. The third kappa shape index (κ3) is 3.68. The number of imide groups is 1. The van der Waals surface area contributed by atoms with E-state index >= 15 is 0 Å². The average molecular weight is 526 g/mol. The molecule has 0 radical (unpaired) electrons. The Hall–Kier alpha value is -3.95. The predicted molar refractivity (Wildman–Crippen MR) is 132 cm³/mol. The van der Waals surface area contributed by atoms with Crippen molar-refractivity contribution >= 4 is 52.3 Å². The van der Waals surface area contributed by atoms with E-state index < -0.39 is 34.7 Å². The molecule has 1 saturated heterocycles. The van der Waals surface area contributed by atoms with Gasteiger partial charge in [-0.2, -0.15) is 0 Å². The Kier molecular flexibility index (Phi) is 5.89. The zero-order valence-electron chi connectivity index (χ0n) is 18.7. The number of fused-ring (bicyclic) bond motifs is 1. The number of rotatable bonds is 6. The van der Waals surface area contributed by atoms with Gasteiger partial charge in [0.1, 0.15) is 11.8 Å². The van der Waals surface area contributed by atoms with Gasteiger partial charge in [-0.3, -0.25) is 29.4 Å². The first-order valence-electron chi connectivity index (χ1n) is 10.9. The topological polar surface area (TPSA) is 110 Å². The highest BCUT2D eigenvalue weighted by Gasteiger charge is 2.57. The number of amides is 3. The van der Waals surface area contributed by atoms with Crippen molar-refractivity contribution in [3.63, 3.8) is 0 Å². The van der Waals surface area contributed by atoms with Gasteiger partial charge in [-0.25, -0.2) is 0 Å². The van der Waals surface area contributed by atoms with Gasteiger partial charge >= 0.3 is 0 Å². The molecule has 1 fully saturated rings. The van der Waals surface area contributed by atoms with Crippen LogP contribution in [-0.4, -0.2) is 40.2 Å². The van der Waals surface area contributed by atoms with Crippen molar-refractivity contribution in [2.45, 2.75) is 19.0 Å². The first-order chi connectivity index (χ1) is 17.2. The molecule has 5 rings (SSSR count). The van der Waals surface area contributed by atoms with Gasteiger partial charge in [0.2, 0.25) is 0 Å². The molecule has 2 atom stereocenters. The van der Waals surface area contributed by atoms with Crippen molar-refractivity contribution < 1.29 is 24.0 Å². The maximum atomic E-state index is 13.5. The summed E-state index contributed by atoms with van der Waals surface area (Å²) in [4.78, 5) is 52.9. The fraction of sp³-hybridized carbons (Fsp3) is 0.160. The number of nitro benzene ring substituents is 1. The Balaban J connectivity index is 1.57. The number of hydrogen-bond donors (Lipinski definition) is 0. The molecule has 0 unspecified atom stereocenters. The average Bonchev–Trinajstić information content (AvgIpc) is 3.10. The summed E-state index contributed by atoms with van der Waals surface area (Å²) in [6, 6.07) is 13.2. The molecule has 0 spiro atoms. The lowest BCUT2D eigenvalue weighted by molar-refractivity contribution is -0.384. The van der Waals surface area contributed by atoms with Crippen LogP contribution in [0.1, 0.15) is 39.2 Å². The molecule has 3 amide bonds. The molecule has 11 heteroatoms. The standard InChI is InChI=1S/C25H17Cl2N3O6/c1-2-36-16-7-3-13(4-8-16)21-22(25(33)28(21)14-6-10-19(26)20(27)12-14)29-23(31)17-9-5-15(30(34)35)11-18(17)24(29)32/h3-12,21-22H,2H2,1H3/t21-,22-/m0/s1. The van der Waals surface area contributed by atoms with Crippen LogP contribution in [0.25, 0.3) is 0 Å². The number of ether oxygens (including phenoxy) is 1. The molecule has 0 aromatic heterocycles.